The molecule has 1 aliphatic rings. The van der Waals surface area contributed by atoms with Crippen molar-refractivity contribution in [1.29, 1.82) is 0 Å². The van der Waals surface area contributed by atoms with E-state index in [-0.39, 0.29) is 12.0 Å². The smallest absolute Gasteiger partial charge is 0.257 e. The Balaban J connectivity index is 2.19. The molecule has 19 heavy (non-hydrogen) atoms. The van der Waals surface area contributed by atoms with E-state index in [0.29, 0.717) is 18.0 Å². The lowest BCUT2D eigenvalue weighted by molar-refractivity contribution is 0.0527. The molecule has 1 aromatic rings. The number of carbonyl (C=O) groups excluding carboxylic acids is 1. The predicted molar refractivity (Wildman–Crippen MR) is 76.8 cm³/mol. The van der Waals surface area contributed by atoms with Gasteiger partial charge in [-0.05, 0) is 31.3 Å². The van der Waals surface area contributed by atoms with Crippen LogP contribution < -0.4 is 16.0 Å². The van der Waals surface area contributed by atoms with Gasteiger partial charge in [-0.15, -0.1) is 0 Å². The van der Waals surface area contributed by atoms with E-state index in [4.69, 9.17) is 10.5 Å². The summed E-state index contributed by atoms with van der Waals surface area (Å²) in [6, 6.07) is 0. The summed E-state index contributed by atoms with van der Waals surface area (Å²) in [6.45, 7) is 4.42. The second-order valence-corrected chi connectivity index (χ2v) is 5.24. The number of anilines is 2. The van der Waals surface area contributed by atoms with Crippen molar-refractivity contribution in [3.05, 3.63) is 5.56 Å². The number of hydrogen-bond donors (Lipinski definition) is 2. The minimum absolute atomic E-state index is 0.181. The third-order valence-corrected chi connectivity index (χ3v) is 4.15. The van der Waals surface area contributed by atoms with E-state index in [1.807, 2.05) is 6.92 Å². The summed E-state index contributed by atoms with van der Waals surface area (Å²) in [7, 11) is 1.60. The molecule has 2 heterocycles. The van der Waals surface area contributed by atoms with E-state index in [1.54, 1.807) is 7.05 Å². The van der Waals surface area contributed by atoms with Crippen LogP contribution in [0.2, 0.25) is 0 Å². The van der Waals surface area contributed by atoms with Crippen molar-refractivity contribution in [3.63, 3.8) is 0 Å². The van der Waals surface area contributed by atoms with Gasteiger partial charge >= 0.3 is 0 Å². The molecule has 2 rings (SSSR count). The predicted octanol–water partition coefficient (Wildman–Crippen LogP) is 1.09. The molecule has 1 amide bonds. The number of nitrogens with one attached hydrogen (secondary N) is 1. The van der Waals surface area contributed by atoms with Crippen LogP contribution in [0.1, 0.15) is 30.1 Å². The molecule has 0 aliphatic carbocycles. The Kier molecular flexibility index (Phi) is 4.60. The van der Waals surface area contributed by atoms with Crippen LogP contribution >= 0.6 is 11.5 Å². The summed E-state index contributed by atoms with van der Waals surface area (Å²) in [4.78, 5) is 14.0. The van der Waals surface area contributed by atoms with Gasteiger partial charge in [0.2, 0.25) is 0 Å². The molecule has 0 bridgehead atoms. The average molecular weight is 284 g/mol. The summed E-state index contributed by atoms with van der Waals surface area (Å²) >= 11 is 1.28. The maximum absolute atomic E-state index is 11.9. The molecule has 1 unspecified atom stereocenters. The Bertz CT molecular complexity index is 447. The zero-order valence-corrected chi connectivity index (χ0v) is 12.1. The molecule has 1 fully saturated rings. The maximum atomic E-state index is 11.9. The molecule has 1 saturated heterocycles. The van der Waals surface area contributed by atoms with Crippen LogP contribution in [0.15, 0.2) is 0 Å². The number of amides is 1. The first-order valence-electron chi connectivity index (χ1n) is 6.51. The van der Waals surface area contributed by atoms with Crippen LogP contribution in [0, 0.1) is 0 Å². The number of piperidine rings is 1. The van der Waals surface area contributed by atoms with Crippen LogP contribution in [0.25, 0.3) is 0 Å². The quantitative estimate of drug-likeness (QED) is 0.865. The summed E-state index contributed by atoms with van der Waals surface area (Å²) in [5.74, 6) is 0.123. The van der Waals surface area contributed by atoms with Gasteiger partial charge in [0.25, 0.3) is 5.91 Å². The molecule has 1 aliphatic heterocycles. The fourth-order valence-corrected chi connectivity index (χ4v) is 3.19. The minimum atomic E-state index is -0.181. The summed E-state index contributed by atoms with van der Waals surface area (Å²) in [5.41, 5.74) is 6.29. The van der Waals surface area contributed by atoms with E-state index in [9.17, 15) is 4.79 Å². The topological polar surface area (TPSA) is 80.5 Å². The Morgan fingerprint density at radius 1 is 1.68 bits per heavy atom. The molecule has 106 valence electrons. The first-order chi connectivity index (χ1) is 9.17. The Morgan fingerprint density at radius 2 is 2.47 bits per heavy atom. The molecule has 0 saturated carbocycles. The van der Waals surface area contributed by atoms with Crippen molar-refractivity contribution in [1.82, 2.24) is 9.69 Å². The Morgan fingerprint density at radius 3 is 3.16 bits per heavy atom. The third kappa shape index (κ3) is 2.98. The van der Waals surface area contributed by atoms with Gasteiger partial charge in [0.1, 0.15) is 10.6 Å². The highest BCUT2D eigenvalue weighted by molar-refractivity contribution is 7.11. The van der Waals surface area contributed by atoms with Crippen LogP contribution in [-0.2, 0) is 4.74 Å². The minimum Gasteiger partial charge on any atom is -0.382 e. The number of nitrogen functional groups attached to an aromatic ring is 1. The van der Waals surface area contributed by atoms with Gasteiger partial charge in [-0.25, -0.2) is 0 Å². The Labute approximate surface area is 117 Å². The van der Waals surface area contributed by atoms with E-state index < -0.39 is 0 Å². The number of hydrogen-bond acceptors (Lipinski definition) is 6. The van der Waals surface area contributed by atoms with E-state index in [2.05, 4.69) is 14.6 Å². The van der Waals surface area contributed by atoms with Crippen molar-refractivity contribution in [2.45, 2.75) is 25.9 Å². The molecule has 3 N–H and O–H groups in total. The molecule has 1 aromatic heterocycles. The maximum Gasteiger partial charge on any atom is 0.257 e. The highest BCUT2D eigenvalue weighted by Crippen LogP contribution is 2.32. The molecule has 0 aromatic carbocycles. The number of rotatable bonds is 4. The lowest BCUT2D eigenvalue weighted by Crippen LogP contribution is -2.40. The van der Waals surface area contributed by atoms with Gasteiger partial charge < -0.3 is 20.7 Å². The van der Waals surface area contributed by atoms with Gasteiger partial charge in [0, 0.05) is 26.7 Å². The van der Waals surface area contributed by atoms with Crippen LogP contribution in [0.4, 0.5) is 10.8 Å². The fraction of sp³-hybridized carbons (Fsp3) is 0.667. The SMILES string of the molecule is CCOC1CCCN(c2snc(N)c2C(=O)NC)C1. The normalized spacial score (nSPS) is 19.5. The monoisotopic (exact) mass is 284 g/mol. The van der Waals surface area contributed by atoms with Crippen LogP contribution in [-0.4, -0.2) is 43.1 Å². The highest BCUT2D eigenvalue weighted by atomic mass is 32.1. The largest absolute Gasteiger partial charge is 0.382 e. The molecule has 1 atom stereocenters. The standard InChI is InChI=1S/C12H20N4O2S/c1-3-18-8-5-4-6-16(7-8)12-9(11(17)14-2)10(13)15-19-12/h8H,3-7H2,1-2H3,(H2,13,15)(H,14,17). The lowest BCUT2D eigenvalue weighted by Gasteiger charge is -2.33. The van der Waals surface area contributed by atoms with E-state index in [0.717, 1.165) is 30.9 Å². The van der Waals surface area contributed by atoms with Gasteiger partial charge in [-0.2, -0.15) is 4.37 Å². The van der Waals surface area contributed by atoms with Crippen molar-refractivity contribution in [2.75, 3.05) is 37.4 Å². The lowest BCUT2D eigenvalue weighted by atomic mass is 10.1. The third-order valence-electron chi connectivity index (χ3n) is 3.22. The first kappa shape index (κ1) is 14.1. The van der Waals surface area contributed by atoms with Gasteiger partial charge in [0.15, 0.2) is 5.82 Å². The zero-order chi connectivity index (χ0) is 13.8. The fourth-order valence-electron chi connectivity index (χ4n) is 2.34. The molecule has 0 radical (unpaired) electrons. The first-order valence-corrected chi connectivity index (χ1v) is 7.28. The van der Waals surface area contributed by atoms with Crippen molar-refractivity contribution >= 4 is 28.3 Å². The molecular formula is C12H20N4O2S. The van der Waals surface area contributed by atoms with Crippen LogP contribution in [0.3, 0.4) is 0 Å². The second kappa shape index (κ2) is 6.21. The molecule has 6 nitrogen and oxygen atoms in total. The summed E-state index contributed by atoms with van der Waals surface area (Å²) < 4.78 is 9.79. The number of nitrogens with zero attached hydrogens (tertiary/aromatic N) is 2. The van der Waals surface area contributed by atoms with Gasteiger partial charge in [-0.3, -0.25) is 4.79 Å². The van der Waals surface area contributed by atoms with Crippen molar-refractivity contribution < 1.29 is 9.53 Å². The van der Waals surface area contributed by atoms with Gasteiger partial charge in [0.05, 0.1) is 6.10 Å². The van der Waals surface area contributed by atoms with Crippen molar-refractivity contribution in [3.8, 4) is 0 Å². The summed E-state index contributed by atoms with van der Waals surface area (Å²) in [5, 5.41) is 3.46. The molecule has 0 spiro atoms. The zero-order valence-electron chi connectivity index (χ0n) is 11.3. The summed E-state index contributed by atoms with van der Waals surface area (Å²) in [6.07, 6.45) is 2.34. The van der Waals surface area contributed by atoms with E-state index in [1.165, 1.54) is 11.5 Å². The number of aromatic nitrogens is 1. The second-order valence-electron chi connectivity index (χ2n) is 4.49. The number of nitrogens with two attached hydrogens (primary N) is 1. The van der Waals surface area contributed by atoms with Crippen molar-refractivity contribution in [2.24, 2.45) is 0 Å². The molecule has 7 heteroatoms. The number of carbonyl (C=O) groups is 1. The molecular weight excluding hydrogens is 264 g/mol. The van der Waals surface area contributed by atoms with Crippen LogP contribution in [0.5, 0.6) is 0 Å². The Hall–Kier alpha value is -1.34. The van der Waals surface area contributed by atoms with E-state index >= 15 is 0 Å². The highest BCUT2D eigenvalue weighted by Gasteiger charge is 2.27. The van der Waals surface area contributed by atoms with Gasteiger partial charge in [-0.1, -0.05) is 0 Å². The average Bonchev–Trinajstić information content (AvgIpc) is 2.80. The number of ether oxygens (including phenoxy) is 1.